The summed E-state index contributed by atoms with van der Waals surface area (Å²) in [4.78, 5) is 12.2. The van der Waals surface area contributed by atoms with Crippen LogP contribution in [0.25, 0.3) is 0 Å². The van der Waals surface area contributed by atoms with E-state index >= 15 is 0 Å². The lowest BCUT2D eigenvalue weighted by Gasteiger charge is -2.41. The number of ether oxygens (including phenoxy) is 1. The van der Waals surface area contributed by atoms with Crippen LogP contribution in [0.4, 0.5) is 4.79 Å². The van der Waals surface area contributed by atoms with Crippen molar-refractivity contribution in [3.8, 4) is 5.75 Å². The third-order valence-corrected chi connectivity index (χ3v) is 7.44. The Morgan fingerprint density at radius 1 is 1.25 bits per heavy atom. The van der Waals surface area contributed by atoms with E-state index in [9.17, 15) is 9.36 Å². The zero-order valence-electron chi connectivity index (χ0n) is 17.7. The van der Waals surface area contributed by atoms with Gasteiger partial charge in [0, 0.05) is 18.2 Å². The molecular formula is C21H33N2O4P. The first-order valence-electron chi connectivity index (χ1n) is 10.3. The Balaban J connectivity index is 1.93. The summed E-state index contributed by atoms with van der Waals surface area (Å²) in [6.07, 6.45) is 4.34. The van der Waals surface area contributed by atoms with Gasteiger partial charge in [0.05, 0.1) is 6.10 Å². The number of rotatable bonds is 3. The fraction of sp³-hybridized carbons (Fsp3) is 0.667. The van der Waals surface area contributed by atoms with E-state index in [1.165, 1.54) is 12.0 Å². The first-order valence-corrected chi connectivity index (χ1v) is 11.9. The van der Waals surface area contributed by atoms with Crippen molar-refractivity contribution in [1.29, 1.82) is 0 Å². The van der Waals surface area contributed by atoms with Crippen molar-refractivity contribution in [2.45, 2.75) is 90.8 Å². The van der Waals surface area contributed by atoms with Crippen LogP contribution in [0.15, 0.2) is 18.2 Å². The van der Waals surface area contributed by atoms with Crippen LogP contribution < -0.4 is 9.61 Å². The summed E-state index contributed by atoms with van der Waals surface area (Å²) >= 11 is 0. The number of hydrogen-bond donors (Lipinski definition) is 1. The summed E-state index contributed by atoms with van der Waals surface area (Å²) in [6, 6.07) is 6.15. The molecule has 1 amide bonds. The molecule has 1 aliphatic carbocycles. The minimum absolute atomic E-state index is 0.0190. The lowest BCUT2D eigenvalue weighted by molar-refractivity contribution is 0.118. The van der Waals surface area contributed by atoms with Gasteiger partial charge in [0.15, 0.2) is 0 Å². The van der Waals surface area contributed by atoms with E-state index in [0.717, 1.165) is 31.2 Å². The highest BCUT2D eigenvalue weighted by Crippen LogP contribution is 2.55. The Kier molecular flexibility index (Phi) is 6.11. The quantitative estimate of drug-likeness (QED) is 0.645. The zero-order chi connectivity index (χ0) is 20.5. The minimum Gasteiger partial charge on any atom is -0.447 e. The van der Waals surface area contributed by atoms with Gasteiger partial charge in [-0.2, -0.15) is 4.67 Å². The Hall–Kier alpha value is -1.52. The number of benzene rings is 1. The molecule has 3 rings (SSSR count). The van der Waals surface area contributed by atoms with E-state index in [2.05, 4.69) is 31.9 Å². The Bertz CT molecular complexity index is 766. The fourth-order valence-corrected chi connectivity index (χ4v) is 5.88. The van der Waals surface area contributed by atoms with Crippen LogP contribution in [-0.4, -0.2) is 22.9 Å². The monoisotopic (exact) mass is 408 g/mol. The van der Waals surface area contributed by atoms with Crippen LogP contribution in [-0.2, 0) is 21.3 Å². The second-order valence-electron chi connectivity index (χ2n) is 9.14. The van der Waals surface area contributed by atoms with Gasteiger partial charge in [0.25, 0.3) is 0 Å². The minimum atomic E-state index is -3.58. The second kappa shape index (κ2) is 8.08. The molecule has 1 unspecified atom stereocenters. The normalized spacial score (nSPS) is 23.8. The van der Waals surface area contributed by atoms with Crippen molar-refractivity contribution in [2.24, 2.45) is 0 Å². The number of carbonyl (C=O) groups is 1. The fourth-order valence-electron chi connectivity index (χ4n) is 3.88. The maximum atomic E-state index is 13.8. The Labute approximate surface area is 168 Å². The third-order valence-electron chi connectivity index (χ3n) is 5.39. The molecule has 0 saturated heterocycles. The summed E-state index contributed by atoms with van der Waals surface area (Å²) in [6.45, 7) is 10.5. The predicted molar refractivity (Wildman–Crippen MR) is 111 cm³/mol. The van der Waals surface area contributed by atoms with Crippen molar-refractivity contribution < 1.29 is 18.6 Å². The molecule has 6 nitrogen and oxygen atoms in total. The molecule has 1 heterocycles. The SMILES string of the molecule is CC(C)OC(=O)NP1(=O)Oc2ccc(C(C)(C)C)cc2CN1C1CCCCC1. The van der Waals surface area contributed by atoms with Gasteiger partial charge < -0.3 is 9.26 Å². The topological polar surface area (TPSA) is 67.9 Å². The molecule has 1 fully saturated rings. The molecule has 156 valence electrons. The number of carbonyl (C=O) groups excluding carboxylic acids is 1. The van der Waals surface area contributed by atoms with Crippen LogP contribution >= 0.6 is 7.67 Å². The largest absolute Gasteiger partial charge is 0.447 e. The lowest BCUT2D eigenvalue weighted by Crippen LogP contribution is -2.43. The molecule has 0 bridgehead atoms. The van der Waals surface area contributed by atoms with E-state index in [1.54, 1.807) is 13.8 Å². The molecule has 1 N–H and O–H groups in total. The summed E-state index contributed by atoms with van der Waals surface area (Å²) in [7, 11) is -3.58. The molecule has 0 radical (unpaired) electrons. The smallest absolute Gasteiger partial charge is 0.425 e. The number of nitrogens with one attached hydrogen (secondary N) is 1. The summed E-state index contributed by atoms with van der Waals surface area (Å²) < 4.78 is 26.8. The molecule has 28 heavy (non-hydrogen) atoms. The molecule has 0 spiro atoms. The van der Waals surface area contributed by atoms with E-state index in [-0.39, 0.29) is 17.6 Å². The van der Waals surface area contributed by atoms with Gasteiger partial charge in [-0.05, 0) is 43.7 Å². The molecule has 1 aliphatic heterocycles. The van der Waals surface area contributed by atoms with Crippen LogP contribution in [0.5, 0.6) is 5.75 Å². The van der Waals surface area contributed by atoms with E-state index in [4.69, 9.17) is 9.26 Å². The molecular weight excluding hydrogens is 375 g/mol. The van der Waals surface area contributed by atoms with Crippen molar-refractivity contribution in [1.82, 2.24) is 9.76 Å². The zero-order valence-corrected chi connectivity index (χ0v) is 18.6. The molecule has 1 saturated carbocycles. The van der Waals surface area contributed by atoms with Gasteiger partial charge >= 0.3 is 13.8 Å². The van der Waals surface area contributed by atoms with Gasteiger partial charge in [-0.25, -0.2) is 14.4 Å². The van der Waals surface area contributed by atoms with Gasteiger partial charge in [0.2, 0.25) is 0 Å². The number of nitrogens with zero attached hydrogens (tertiary/aromatic N) is 1. The van der Waals surface area contributed by atoms with Crippen molar-refractivity contribution in [3.63, 3.8) is 0 Å². The highest BCUT2D eigenvalue weighted by Gasteiger charge is 2.45. The standard InChI is InChI=1S/C21H33N2O4P/c1-15(2)26-20(24)22-28(25)23(18-9-7-6-8-10-18)14-16-13-17(21(3,4)5)11-12-19(16)27-28/h11-13,15,18H,6-10,14H2,1-5H3,(H,22,24,25). The maximum absolute atomic E-state index is 13.8. The molecule has 1 atom stereocenters. The van der Waals surface area contributed by atoms with E-state index in [1.807, 2.05) is 16.8 Å². The summed E-state index contributed by atoms with van der Waals surface area (Å²) in [5.41, 5.74) is 2.25. The first-order chi connectivity index (χ1) is 13.1. The number of amides is 1. The van der Waals surface area contributed by atoms with Crippen LogP contribution in [0, 0.1) is 0 Å². The van der Waals surface area contributed by atoms with E-state index < -0.39 is 13.8 Å². The second-order valence-corrected chi connectivity index (χ2v) is 11.1. The molecule has 1 aromatic carbocycles. The first kappa shape index (κ1) is 21.2. The van der Waals surface area contributed by atoms with Crippen LogP contribution in [0.3, 0.4) is 0 Å². The lowest BCUT2D eigenvalue weighted by atomic mass is 9.86. The van der Waals surface area contributed by atoms with Gasteiger partial charge in [0.1, 0.15) is 5.75 Å². The molecule has 7 heteroatoms. The van der Waals surface area contributed by atoms with Crippen LogP contribution in [0.1, 0.15) is 77.8 Å². The molecule has 1 aromatic rings. The predicted octanol–water partition coefficient (Wildman–Crippen LogP) is 5.75. The van der Waals surface area contributed by atoms with E-state index in [0.29, 0.717) is 12.3 Å². The molecule has 0 aromatic heterocycles. The van der Waals surface area contributed by atoms with Crippen molar-refractivity contribution >= 4 is 13.8 Å². The van der Waals surface area contributed by atoms with Gasteiger partial charge in [-0.15, -0.1) is 0 Å². The Morgan fingerprint density at radius 3 is 2.54 bits per heavy atom. The highest BCUT2D eigenvalue weighted by molar-refractivity contribution is 7.55. The van der Waals surface area contributed by atoms with Crippen LogP contribution in [0.2, 0.25) is 0 Å². The molecule has 2 aliphatic rings. The highest BCUT2D eigenvalue weighted by atomic mass is 31.2. The Morgan fingerprint density at radius 2 is 1.93 bits per heavy atom. The number of fused-ring (bicyclic) bond motifs is 1. The van der Waals surface area contributed by atoms with Gasteiger partial charge in [-0.1, -0.05) is 52.2 Å². The summed E-state index contributed by atoms with van der Waals surface area (Å²) in [5, 5.41) is 2.56. The van der Waals surface area contributed by atoms with Crippen molar-refractivity contribution in [2.75, 3.05) is 0 Å². The average molecular weight is 408 g/mol. The average Bonchev–Trinajstić information content (AvgIpc) is 2.59. The maximum Gasteiger partial charge on any atom is 0.425 e. The van der Waals surface area contributed by atoms with Crippen molar-refractivity contribution in [3.05, 3.63) is 29.3 Å². The van der Waals surface area contributed by atoms with Gasteiger partial charge in [-0.3, -0.25) is 0 Å². The third kappa shape index (κ3) is 4.72. The summed E-state index contributed by atoms with van der Waals surface area (Å²) in [5.74, 6) is 0.577. The number of hydrogen-bond acceptors (Lipinski definition) is 4.